The summed E-state index contributed by atoms with van der Waals surface area (Å²) in [7, 11) is 0. The molecule has 1 aromatic carbocycles. The molecule has 0 bridgehead atoms. The summed E-state index contributed by atoms with van der Waals surface area (Å²) in [5.41, 5.74) is 1.19. The quantitative estimate of drug-likeness (QED) is 0.778. The molecule has 2 N–H and O–H groups in total. The third kappa shape index (κ3) is 3.77. The molecule has 0 saturated carbocycles. The summed E-state index contributed by atoms with van der Waals surface area (Å²) < 4.78 is 0.270. The number of amides is 1. The van der Waals surface area contributed by atoms with E-state index in [4.69, 9.17) is 12.2 Å². The van der Waals surface area contributed by atoms with Crippen molar-refractivity contribution in [2.24, 2.45) is 0 Å². The van der Waals surface area contributed by atoms with Crippen molar-refractivity contribution >= 4 is 18.1 Å². The van der Waals surface area contributed by atoms with Crippen molar-refractivity contribution in [3.8, 4) is 0 Å². The molecule has 0 aliphatic carbocycles. The lowest BCUT2D eigenvalue weighted by Gasteiger charge is -2.04. The Morgan fingerprint density at radius 1 is 1.39 bits per heavy atom. The van der Waals surface area contributed by atoms with Crippen molar-refractivity contribution in [1.29, 1.82) is 0 Å². The van der Waals surface area contributed by atoms with Gasteiger partial charge in [0, 0.05) is 6.54 Å². The van der Waals surface area contributed by atoms with E-state index >= 15 is 0 Å². The van der Waals surface area contributed by atoms with Gasteiger partial charge in [-0.15, -0.1) is 0 Å². The SMILES string of the molecule is O=C(Cn1nnc(=S)[nH]1)NCCc1ccccc1. The molecule has 0 aliphatic heterocycles. The van der Waals surface area contributed by atoms with Crippen molar-refractivity contribution < 1.29 is 4.79 Å². The van der Waals surface area contributed by atoms with Crippen LogP contribution in [0.15, 0.2) is 30.3 Å². The number of H-pyrrole nitrogens is 1. The van der Waals surface area contributed by atoms with Crippen LogP contribution in [0, 0.1) is 4.77 Å². The molecule has 1 amide bonds. The van der Waals surface area contributed by atoms with Gasteiger partial charge in [0.1, 0.15) is 6.54 Å². The van der Waals surface area contributed by atoms with Crippen LogP contribution in [0.3, 0.4) is 0 Å². The van der Waals surface area contributed by atoms with Gasteiger partial charge in [0.05, 0.1) is 0 Å². The molecule has 7 heteroatoms. The first-order valence-corrected chi connectivity index (χ1v) is 5.95. The number of nitrogens with zero attached hydrogens (tertiary/aromatic N) is 3. The lowest BCUT2D eigenvalue weighted by Crippen LogP contribution is -2.30. The molecular weight excluding hydrogens is 250 g/mol. The molecule has 0 spiro atoms. The highest BCUT2D eigenvalue weighted by Gasteiger charge is 2.03. The fraction of sp³-hybridized carbons (Fsp3) is 0.273. The number of nitrogens with one attached hydrogen (secondary N) is 2. The number of carbonyl (C=O) groups excluding carboxylic acids is 1. The van der Waals surface area contributed by atoms with Gasteiger partial charge in [-0.2, -0.15) is 4.80 Å². The largest absolute Gasteiger partial charge is 0.354 e. The van der Waals surface area contributed by atoms with Crippen LogP contribution in [0.2, 0.25) is 0 Å². The second kappa shape index (κ2) is 6.06. The van der Waals surface area contributed by atoms with Gasteiger partial charge in [0.2, 0.25) is 10.7 Å². The maximum absolute atomic E-state index is 11.6. The van der Waals surface area contributed by atoms with Crippen LogP contribution in [-0.2, 0) is 17.8 Å². The zero-order valence-electron chi connectivity index (χ0n) is 9.67. The molecule has 6 nitrogen and oxygen atoms in total. The average molecular weight is 263 g/mol. The summed E-state index contributed by atoms with van der Waals surface area (Å²) >= 11 is 4.76. The molecule has 18 heavy (non-hydrogen) atoms. The van der Waals surface area contributed by atoms with E-state index < -0.39 is 0 Å². The number of hydrogen-bond acceptors (Lipinski definition) is 4. The number of carbonyl (C=O) groups is 1. The van der Waals surface area contributed by atoms with E-state index in [-0.39, 0.29) is 17.2 Å². The predicted molar refractivity (Wildman–Crippen MR) is 68.4 cm³/mol. The van der Waals surface area contributed by atoms with Crippen LogP contribution in [-0.4, -0.2) is 32.7 Å². The average Bonchev–Trinajstić information content (AvgIpc) is 2.76. The Balaban J connectivity index is 1.74. The predicted octanol–water partition coefficient (Wildman–Crippen LogP) is 0.695. The van der Waals surface area contributed by atoms with E-state index in [0.717, 1.165) is 6.42 Å². The van der Waals surface area contributed by atoms with Crippen molar-refractivity contribution in [3.63, 3.8) is 0 Å². The second-order valence-corrected chi connectivity index (χ2v) is 4.14. The molecule has 0 atom stereocenters. The molecule has 0 radical (unpaired) electrons. The van der Waals surface area contributed by atoms with Crippen LogP contribution in [0.1, 0.15) is 5.56 Å². The Hall–Kier alpha value is -2.02. The van der Waals surface area contributed by atoms with Gasteiger partial charge in [0.15, 0.2) is 0 Å². The molecule has 0 fully saturated rings. The number of tetrazole rings is 1. The number of rotatable bonds is 5. The van der Waals surface area contributed by atoms with Gasteiger partial charge in [0.25, 0.3) is 0 Å². The minimum Gasteiger partial charge on any atom is -0.354 e. The minimum absolute atomic E-state index is 0.0957. The molecule has 0 aliphatic rings. The standard InChI is InChI=1S/C11H13N5OS/c17-10(8-16-14-11(18)13-15-16)12-7-6-9-4-2-1-3-5-9/h1-5H,6-8H2,(H,12,17)(H,14,18). The van der Waals surface area contributed by atoms with Crippen molar-refractivity contribution in [1.82, 2.24) is 25.5 Å². The Kier molecular flexibility index (Phi) is 4.19. The Morgan fingerprint density at radius 3 is 2.83 bits per heavy atom. The molecule has 1 heterocycles. The van der Waals surface area contributed by atoms with Crippen molar-refractivity contribution in [3.05, 3.63) is 40.7 Å². The molecular formula is C11H13N5OS. The van der Waals surface area contributed by atoms with Gasteiger partial charge in [-0.05, 0) is 29.4 Å². The summed E-state index contributed by atoms with van der Waals surface area (Å²) in [6.07, 6.45) is 0.805. The summed E-state index contributed by atoms with van der Waals surface area (Å²) in [6.45, 7) is 0.691. The third-order valence-corrected chi connectivity index (χ3v) is 2.51. The van der Waals surface area contributed by atoms with Crippen LogP contribution in [0.25, 0.3) is 0 Å². The molecule has 0 saturated heterocycles. The van der Waals surface area contributed by atoms with Crippen LogP contribution in [0.4, 0.5) is 0 Å². The maximum atomic E-state index is 11.6. The van der Waals surface area contributed by atoms with Gasteiger partial charge in [-0.1, -0.05) is 35.4 Å². The minimum atomic E-state index is -0.123. The number of hydrogen-bond donors (Lipinski definition) is 2. The topological polar surface area (TPSA) is 75.6 Å². The zero-order chi connectivity index (χ0) is 12.8. The number of aromatic nitrogens is 4. The first-order valence-electron chi connectivity index (χ1n) is 5.54. The third-order valence-electron chi connectivity index (χ3n) is 2.34. The van der Waals surface area contributed by atoms with E-state index in [1.54, 1.807) is 0 Å². The lowest BCUT2D eigenvalue weighted by atomic mass is 10.1. The van der Waals surface area contributed by atoms with Gasteiger partial charge in [-0.3, -0.25) is 9.89 Å². The Bertz CT molecular complexity index is 562. The lowest BCUT2D eigenvalue weighted by molar-refractivity contribution is -0.122. The smallest absolute Gasteiger partial charge is 0.243 e. The fourth-order valence-corrected chi connectivity index (χ4v) is 1.65. The Labute approximate surface area is 109 Å². The van der Waals surface area contributed by atoms with Crippen molar-refractivity contribution in [2.75, 3.05) is 6.54 Å². The van der Waals surface area contributed by atoms with Crippen LogP contribution < -0.4 is 5.32 Å². The Morgan fingerprint density at radius 2 is 2.17 bits per heavy atom. The maximum Gasteiger partial charge on any atom is 0.243 e. The van der Waals surface area contributed by atoms with E-state index in [9.17, 15) is 4.79 Å². The normalized spacial score (nSPS) is 10.2. The van der Waals surface area contributed by atoms with E-state index in [1.807, 2.05) is 30.3 Å². The molecule has 0 unspecified atom stereocenters. The van der Waals surface area contributed by atoms with Gasteiger partial charge >= 0.3 is 0 Å². The van der Waals surface area contributed by atoms with E-state index in [1.165, 1.54) is 10.4 Å². The molecule has 1 aromatic heterocycles. The summed E-state index contributed by atoms with van der Waals surface area (Å²) in [6, 6.07) is 9.98. The van der Waals surface area contributed by atoms with E-state index in [0.29, 0.717) is 6.54 Å². The van der Waals surface area contributed by atoms with E-state index in [2.05, 4.69) is 20.7 Å². The number of aromatic amines is 1. The highest BCUT2D eigenvalue weighted by Crippen LogP contribution is 1.97. The first kappa shape index (κ1) is 12.4. The zero-order valence-corrected chi connectivity index (χ0v) is 10.5. The van der Waals surface area contributed by atoms with Crippen LogP contribution >= 0.6 is 12.2 Å². The monoisotopic (exact) mass is 263 g/mol. The number of benzene rings is 1. The summed E-state index contributed by atoms with van der Waals surface area (Å²) in [4.78, 5) is 12.9. The highest BCUT2D eigenvalue weighted by molar-refractivity contribution is 7.71. The summed E-state index contributed by atoms with van der Waals surface area (Å²) in [5, 5.41) is 12.7. The van der Waals surface area contributed by atoms with Crippen molar-refractivity contribution in [2.45, 2.75) is 13.0 Å². The summed E-state index contributed by atoms with van der Waals surface area (Å²) in [5.74, 6) is -0.123. The highest BCUT2D eigenvalue weighted by atomic mass is 32.1. The molecule has 2 rings (SSSR count). The van der Waals surface area contributed by atoms with Gasteiger partial charge < -0.3 is 5.32 Å². The second-order valence-electron chi connectivity index (χ2n) is 3.75. The first-order chi connectivity index (χ1) is 8.74. The molecule has 94 valence electrons. The fourth-order valence-electron chi connectivity index (χ4n) is 1.50. The van der Waals surface area contributed by atoms with Gasteiger partial charge in [-0.25, -0.2) is 0 Å². The van der Waals surface area contributed by atoms with Crippen LogP contribution in [0.5, 0.6) is 0 Å². The molecule has 2 aromatic rings.